The lowest BCUT2D eigenvalue weighted by Crippen LogP contribution is -2.29. The standard InChI is InChI=1S/C13H22N4O3S/c1-3-6-15-12-5-9-14-10-11(12)13(18)16-7-4-8-17-21(2,19)20/h5,9-10,17H,3-4,6-8H2,1-2H3,(H,14,15)(H,16,18). The van der Waals surface area contributed by atoms with Crippen LogP contribution in [0.3, 0.4) is 0 Å². The number of nitrogens with zero attached hydrogens (tertiary/aromatic N) is 1. The summed E-state index contributed by atoms with van der Waals surface area (Å²) in [5.41, 5.74) is 1.24. The second kappa shape index (κ2) is 8.58. The van der Waals surface area contributed by atoms with E-state index >= 15 is 0 Å². The highest BCUT2D eigenvalue weighted by atomic mass is 32.2. The van der Waals surface area contributed by atoms with E-state index in [4.69, 9.17) is 0 Å². The molecule has 0 aliphatic carbocycles. The van der Waals surface area contributed by atoms with E-state index in [1.165, 1.54) is 6.20 Å². The summed E-state index contributed by atoms with van der Waals surface area (Å²) in [7, 11) is -3.18. The average molecular weight is 314 g/mol. The predicted octanol–water partition coefficient (Wildman–Crippen LogP) is 0.573. The zero-order valence-corrected chi connectivity index (χ0v) is 13.2. The Bertz CT molecular complexity index is 560. The fourth-order valence-electron chi connectivity index (χ4n) is 1.63. The van der Waals surface area contributed by atoms with Gasteiger partial charge in [-0.3, -0.25) is 9.78 Å². The molecule has 0 saturated carbocycles. The summed E-state index contributed by atoms with van der Waals surface area (Å²) >= 11 is 0. The average Bonchev–Trinajstić information content (AvgIpc) is 2.43. The minimum Gasteiger partial charge on any atom is -0.384 e. The van der Waals surface area contributed by atoms with Gasteiger partial charge in [0.2, 0.25) is 10.0 Å². The Balaban J connectivity index is 2.45. The van der Waals surface area contributed by atoms with Crippen LogP contribution >= 0.6 is 0 Å². The van der Waals surface area contributed by atoms with E-state index in [2.05, 4.69) is 20.3 Å². The van der Waals surface area contributed by atoms with Gasteiger partial charge in [0.25, 0.3) is 5.91 Å². The van der Waals surface area contributed by atoms with Crippen LogP contribution in [0.4, 0.5) is 5.69 Å². The number of nitrogens with one attached hydrogen (secondary N) is 3. The molecule has 0 saturated heterocycles. The second-order valence-corrected chi connectivity index (χ2v) is 6.46. The molecule has 7 nitrogen and oxygen atoms in total. The van der Waals surface area contributed by atoms with E-state index in [0.29, 0.717) is 25.1 Å². The quantitative estimate of drug-likeness (QED) is 0.579. The summed E-state index contributed by atoms with van der Waals surface area (Å²) < 4.78 is 24.1. The third-order valence-electron chi connectivity index (χ3n) is 2.63. The first kappa shape index (κ1) is 17.4. The Hall–Kier alpha value is -1.67. The van der Waals surface area contributed by atoms with Gasteiger partial charge in [0, 0.05) is 32.0 Å². The minimum atomic E-state index is -3.18. The maximum atomic E-state index is 12.1. The van der Waals surface area contributed by atoms with Crippen LogP contribution in [0.25, 0.3) is 0 Å². The van der Waals surface area contributed by atoms with Crippen molar-refractivity contribution >= 4 is 21.6 Å². The monoisotopic (exact) mass is 314 g/mol. The van der Waals surface area contributed by atoms with Gasteiger partial charge in [-0.2, -0.15) is 0 Å². The number of hydrogen-bond acceptors (Lipinski definition) is 5. The Morgan fingerprint density at radius 3 is 2.71 bits per heavy atom. The number of carbonyl (C=O) groups is 1. The van der Waals surface area contributed by atoms with Crippen molar-refractivity contribution in [3.8, 4) is 0 Å². The summed E-state index contributed by atoms with van der Waals surface area (Å²) in [6.07, 6.45) is 5.73. The lowest BCUT2D eigenvalue weighted by molar-refractivity contribution is 0.0954. The highest BCUT2D eigenvalue weighted by Crippen LogP contribution is 2.13. The molecule has 0 spiro atoms. The third kappa shape index (κ3) is 7.05. The molecule has 21 heavy (non-hydrogen) atoms. The van der Waals surface area contributed by atoms with Gasteiger partial charge in [-0.15, -0.1) is 0 Å². The molecule has 1 aromatic heterocycles. The molecule has 0 fully saturated rings. The molecule has 3 N–H and O–H groups in total. The van der Waals surface area contributed by atoms with Gasteiger partial charge >= 0.3 is 0 Å². The summed E-state index contributed by atoms with van der Waals surface area (Å²) in [6.45, 7) is 3.52. The zero-order chi connectivity index (χ0) is 15.7. The highest BCUT2D eigenvalue weighted by molar-refractivity contribution is 7.88. The molecule has 1 aromatic rings. The molecule has 8 heteroatoms. The molecule has 0 aliphatic heterocycles. The van der Waals surface area contributed by atoms with E-state index in [9.17, 15) is 13.2 Å². The highest BCUT2D eigenvalue weighted by Gasteiger charge is 2.10. The van der Waals surface area contributed by atoms with Crippen molar-refractivity contribution in [2.45, 2.75) is 19.8 Å². The van der Waals surface area contributed by atoms with Crippen molar-refractivity contribution in [1.82, 2.24) is 15.0 Å². The molecule has 1 amide bonds. The molecule has 0 atom stereocenters. The molecular formula is C13H22N4O3S. The topological polar surface area (TPSA) is 100 Å². The summed E-state index contributed by atoms with van der Waals surface area (Å²) in [5.74, 6) is -0.221. The Morgan fingerprint density at radius 1 is 1.29 bits per heavy atom. The first-order chi connectivity index (χ1) is 9.94. The number of aromatic nitrogens is 1. The molecule has 0 radical (unpaired) electrons. The molecular weight excluding hydrogens is 292 g/mol. The number of amides is 1. The lowest BCUT2D eigenvalue weighted by Gasteiger charge is -2.11. The molecule has 0 aliphatic rings. The number of carbonyl (C=O) groups excluding carboxylic acids is 1. The maximum absolute atomic E-state index is 12.1. The van der Waals surface area contributed by atoms with E-state index in [-0.39, 0.29) is 5.91 Å². The van der Waals surface area contributed by atoms with Crippen LogP contribution in [-0.4, -0.2) is 45.2 Å². The van der Waals surface area contributed by atoms with Gasteiger partial charge in [0.05, 0.1) is 17.5 Å². The second-order valence-electron chi connectivity index (χ2n) is 4.62. The van der Waals surface area contributed by atoms with E-state index in [1.807, 2.05) is 6.92 Å². The van der Waals surface area contributed by atoms with Gasteiger partial charge in [-0.1, -0.05) is 6.92 Å². The van der Waals surface area contributed by atoms with Gasteiger partial charge in [0.15, 0.2) is 0 Å². The number of rotatable bonds is 9. The summed E-state index contributed by atoms with van der Waals surface area (Å²) in [6, 6.07) is 1.76. The van der Waals surface area contributed by atoms with Gasteiger partial charge in [-0.05, 0) is 18.9 Å². The number of sulfonamides is 1. The fourth-order valence-corrected chi connectivity index (χ4v) is 2.15. The Kier molecular flexibility index (Phi) is 7.10. The SMILES string of the molecule is CCCNc1ccncc1C(=O)NCCCNS(C)(=O)=O. The van der Waals surface area contributed by atoms with Gasteiger partial charge in [0.1, 0.15) is 0 Å². The van der Waals surface area contributed by atoms with Crippen LogP contribution in [0, 0.1) is 0 Å². The predicted molar refractivity (Wildman–Crippen MR) is 82.8 cm³/mol. The van der Waals surface area contributed by atoms with E-state index in [1.54, 1.807) is 12.3 Å². The largest absolute Gasteiger partial charge is 0.384 e. The Labute approximate surface area is 125 Å². The van der Waals surface area contributed by atoms with Crippen molar-refractivity contribution < 1.29 is 13.2 Å². The zero-order valence-electron chi connectivity index (χ0n) is 12.3. The lowest BCUT2D eigenvalue weighted by atomic mass is 10.2. The van der Waals surface area contributed by atoms with Crippen molar-refractivity contribution in [2.24, 2.45) is 0 Å². The molecule has 0 unspecified atom stereocenters. The van der Waals surface area contributed by atoms with Crippen LogP contribution in [-0.2, 0) is 10.0 Å². The van der Waals surface area contributed by atoms with Crippen LogP contribution < -0.4 is 15.4 Å². The maximum Gasteiger partial charge on any atom is 0.254 e. The Morgan fingerprint density at radius 2 is 2.05 bits per heavy atom. The van der Waals surface area contributed by atoms with Crippen molar-refractivity contribution in [3.63, 3.8) is 0 Å². The molecule has 1 heterocycles. The van der Waals surface area contributed by atoms with Crippen LogP contribution in [0.5, 0.6) is 0 Å². The minimum absolute atomic E-state index is 0.221. The molecule has 0 bridgehead atoms. The first-order valence-corrected chi connectivity index (χ1v) is 8.74. The van der Waals surface area contributed by atoms with Crippen molar-refractivity contribution in [2.75, 3.05) is 31.2 Å². The van der Waals surface area contributed by atoms with E-state index in [0.717, 1.165) is 24.9 Å². The first-order valence-electron chi connectivity index (χ1n) is 6.84. The van der Waals surface area contributed by atoms with Crippen molar-refractivity contribution in [1.29, 1.82) is 0 Å². The summed E-state index contributed by atoms with van der Waals surface area (Å²) in [5, 5.41) is 5.92. The van der Waals surface area contributed by atoms with Gasteiger partial charge < -0.3 is 10.6 Å². The number of pyridine rings is 1. The third-order valence-corrected chi connectivity index (χ3v) is 3.36. The normalized spacial score (nSPS) is 11.1. The van der Waals surface area contributed by atoms with Crippen molar-refractivity contribution in [3.05, 3.63) is 24.0 Å². The van der Waals surface area contributed by atoms with E-state index < -0.39 is 10.0 Å². The van der Waals surface area contributed by atoms with Crippen LogP contribution in [0.1, 0.15) is 30.1 Å². The summed E-state index contributed by atoms with van der Waals surface area (Å²) in [4.78, 5) is 16.0. The van der Waals surface area contributed by atoms with Crippen LogP contribution in [0.15, 0.2) is 18.5 Å². The number of hydrogen-bond donors (Lipinski definition) is 3. The molecule has 118 valence electrons. The van der Waals surface area contributed by atoms with Crippen LogP contribution in [0.2, 0.25) is 0 Å². The smallest absolute Gasteiger partial charge is 0.254 e. The molecule has 1 rings (SSSR count). The van der Waals surface area contributed by atoms with Gasteiger partial charge in [-0.25, -0.2) is 13.1 Å². The number of anilines is 1. The fraction of sp³-hybridized carbons (Fsp3) is 0.538. The molecule has 0 aromatic carbocycles.